The molecule has 0 aliphatic carbocycles. The summed E-state index contributed by atoms with van der Waals surface area (Å²) < 4.78 is 17.8. The van der Waals surface area contributed by atoms with Crippen molar-refractivity contribution < 1.29 is 19.0 Å². The number of rotatable bonds is 8. The minimum Gasteiger partial charge on any atom is -0.497 e. The quantitative estimate of drug-likeness (QED) is 0.438. The van der Waals surface area contributed by atoms with Gasteiger partial charge < -0.3 is 19.5 Å². The topological polar surface area (TPSA) is 99.9 Å². The zero-order valence-electron chi connectivity index (χ0n) is 17.1. The molecule has 31 heavy (non-hydrogen) atoms. The third-order valence-corrected chi connectivity index (χ3v) is 4.58. The summed E-state index contributed by atoms with van der Waals surface area (Å²) in [6.45, 7) is 0.582. The number of para-hydroxylation sites is 1. The minimum atomic E-state index is -0.188. The fraction of sp³-hybridized carbons (Fsp3) is 0.182. The van der Waals surface area contributed by atoms with Gasteiger partial charge in [-0.1, -0.05) is 12.1 Å². The Balaban J connectivity index is 1.40. The molecular formula is C22H21N5O4. The first-order valence-electron chi connectivity index (χ1n) is 9.60. The Hall–Kier alpha value is -4.14. The lowest BCUT2D eigenvalue weighted by atomic mass is 10.2. The molecule has 2 aromatic carbocycles. The van der Waals surface area contributed by atoms with Gasteiger partial charge in [-0.25, -0.2) is 0 Å². The summed E-state index contributed by atoms with van der Waals surface area (Å²) in [4.78, 5) is 12.2. The third kappa shape index (κ3) is 4.40. The van der Waals surface area contributed by atoms with Crippen molar-refractivity contribution in [2.24, 2.45) is 0 Å². The van der Waals surface area contributed by atoms with Crippen LogP contribution in [0.1, 0.15) is 10.4 Å². The van der Waals surface area contributed by atoms with Gasteiger partial charge in [0.05, 0.1) is 26.3 Å². The van der Waals surface area contributed by atoms with Gasteiger partial charge in [-0.15, -0.1) is 15.3 Å². The average molecular weight is 419 g/mol. The van der Waals surface area contributed by atoms with E-state index in [4.69, 9.17) is 14.2 Å². The number of hydrogen-bond donors (Lipinski definition) is 1. The smallest absolute Gasteiger partial charge is 0.251 e. The lowest BCUT2D eigenvalue weighted by Crippen LogP contribution is -2.28. The first-order chi connectivity index (χ1) is 15.2. The second kappa shape index (κ2) is 9.12. The second-order valence-corrected chi connectivity index (χ2v) is 6.50. The second-order valence-electron chi connectivity index (χ2n) is 6.50. The lowest BCUT2D eigenvalue weighted by molar-refractivity contribution is 0.0946. The molecule has 0 unspecified atom stereocenters. The highest BCUT2D eigenvalue weighted by atomic mass is 16.5. The van der Waals surface area contributed by atoms with Gasteiger partial charge in [0, 0.05) is 11.6 Å². The Labute approximate surface area is 178 Å². The highest BCUT2D eigenvalue weighted by molar-refractivity contribution is 5.94. The van der Waals surface area contributed by atoms with Gasteiger partial charge in [-0.2, -0.15) is 4.52 Å². The lowest BCUT2D eigenvalue weighted by Gasteiger charge is -2.09. The Bertz CT molecular complexity index is 1190. The van der Waals surface area contributed by atoms with Gasteiger partial charge in [0.15, 0.2) is 11.5 Å². The molecule has 9 nitrogen and oxygen atoms in total. The maximum absolute atomic E-state index is 12.2. The summed E-state index contributed by atoms with van der Waals surface area (Å²) in [5.74, 6) is 2.12. The molecule has 0 fully saturated rings. The van der Waals surface area contributed by atoms with Crippen molar-refractivity contribution in [3.8, 4) is 28.8 Å². The van der Waals surface area contributed by atoms with E-state index < -0.39 is 0 Å². The molecule has 158 valence electrons. The number of nitrogens with one attached hydrogen (secondary N) is 1. The first kappa shape index (κ1) is 20.1. The largest absolute Gasteiger partial charge is 0.497 e. The van der Waals surface area contributed by atoms with Gasteiger partial charge in [-0.05, 0) is 42.5 Å². The van der Waals surface area contributed by atoms with Gasteiger partial charge >= 0.3 is 0 Å². The van der Waals surface area contributed by atoms with Crippen molar-refractivity contribution in [2.45, 2.75) is 0 Å². The Morgan fingerprint density at radius 2 is 1.77 bits per heavy atom. The minimum absolute atomic E-state index is 0.188. The number of carbonyl (C=O) groups excluding carboxylic acids is 1. The van der Waals surface area contributed by atoms with Crippen LogP contribution in [0.5, 0.6) is 17.4 Å². The number of amides is 1. The number of hydrogen-bond acceptors (Lipinski definition) is 7. The van der Waals surface area contributed by atoms with Crippen LogP contribution in [0.2, 0.25) is 0 Å². The van der Waals surface area contributed by atoms with Crippen LogP contribution in [-0.4, -0.2) is 53.1 Å². The number of fused-ring (bicyclic) bond motifs is 1. The fourth-order valence-electron chi connectivity index (χ4n) is 3.01. The van der Waals surface area contributed by atoms with E-state index in [0.29, 0.717) is 41.0 Å². The Morgan fingerprint density at radius 1 is 0.968 bits per heavy atom. The number of methoxy groups -OCH3 is 2. The molecule has 0 aliphatic heterocycles. The van der Waals surface area contributed by atoms with Crippen molar-refractivity contribution in [2.75, 3.05) is 27.4 Å². The SMILES string of the molecule is COc1ccc(C(=O)NCCOc2ccc3nnc(-c4ccccc4OC)n3n2)cc1. The number of carbonyl (C=O) groups is 1. The number of nitrogens with zero attached hydrogens (tertiary/aromatic N) is 4. The van der Waals surface area contributed by atoms with Gasteiger partial charge in [0.2, 0.25) is 5.88 Å². The molecule has 4 aromatic rings. The van der Waals surface area contributed by atoms with Crippen molar-refractivity contribution in [1.29, 1.82) is 0 Å². The number of aromatic nitrogens is 4. The normalized spacial score (nSPS) is 10.6. The highest BCUT2D eigenvalue weighted by Crippen LogP contribution is 2.28. The van der Waals surface area contributed by atoms with Gasteiger partial charge in [0.25, 0.3) is 5.91 Å². The van der Waals surface area contributed by atoms with E-state index in [1.54, 1.807) is 55.1 Å². The summed E-state index contributed by atoms with van der Waals surface area (Å²) in [5, 5.41) is 15.7. The molecule has 0 saturated carbocycles. The number of ether oxygens (including phenoxy) is 3. The van der Waals surface area contributed by atoms with E-state index in [1.807, 2.05) is 24.3 Å². The molecule has 2 heterocycles. The van der Waals surface area contributed by atoms with E-state index in [-0.39, 0.29) is 12.5 Å². The zero-order chi connectivity index (χ0) is 21.6. The number of benzene rings is 2. The molecule has 0 radical (unpaired) electrons. The summed E-state index contributed by atoms with van der Waals surface area (Å²) in [6, 6.07) is 17.9. The van der Waals surface area contributed by atoms with Crippen LogP contribution < -0.4 is 19.5 Å². The maximum atomic E-state index is 12.2. The standard InChI is InChI=1S/C22H21N5O4/c1-29-16-9-7-15(8-10-16)22(28)23-13-14-31-20-12-11-19-24-25-21(27(19)26-20)17-5-3-4-6-18(17)30-2/h3-12H,13-14H2,1-2H3,(H,23,28). The Morgan fingerprint density at radius 3 is 2.55 bits per heavy atom. The molecule has 4 rings (SSSR count). The van der Waals surface area contributed by atoms with Crippen molar-refractivity contribution in [3.05, 3.63) is 66.2 Å². The molecule has 0 spiro atoms. The van der Waals surface area contributed by atoms with Crippen LogP contribution in [-0.2, 0) is 0 Å². The van der Waals surface area contributed by atoms with E-state index in [1.165, 1.54) is 0 Å². The molecule has 0 atom stereocenters. The van der Waals surface area contributed by atoms with Crippen LogP contribution in [0.3, 0.4) is 0 Å². The molecule has 1 N–H and O–H groups in total. The molecular weight excluding hydrogens is 398 g/mol. The van der Waals surface area contributed by atoms with Gasteiger partial charge in [-0.3, -0.25) is 4.79 Å². The zero-order valence-corrected chi connectivity index (χ0v) is 17.1. The van der Waals surface area contributed by atoms with E-state index >= 15 is 0 Å². The van der Waals surface area contributed by atoms with Crippen molar-refractivity contribution in [3.63, 3.8) is 0 Å². The van der Waals surface area contributed by atoms with Crippen LogP contribution in [0.4, 0.5) is 0 Å². The van der Waals surface area contributed by atoms with E-state index in [0.717, 1.165) is 5.56 Å². The van der Waals surface area contributed by atoms with Crippen LogP contribution >= 0.6 is 0 Å². The summed E-state index contributed by atoms with van der Waals surface area (Å²) in [6.07, 6.45) is 0. The summed E-state index contributed by atoms with van der Waals surface area (Å²) >= 11 is 0. The van der Waals surface area contributed by atoms with Crippen LogP contribution in [0.25, 0.3) is 17.0 Å². The van der Waals surface area contributed by atoms with Crippen molar-refractivity contribution in [1.82, 2.24) is 25.1 Å². The summed E-state index contributed by atoms with van der Waals surface area (Å²) in [5.41, 5.74) is 1.90. The predicted octanol–water partition coefficient (Wildman–Crippen LogP) is 2.62. The Kier molecular flexibility index (Phi) is 5.93. The molecule has 9 heteroatoms. The van der Waals surface area contributed by atoms with Gasteiger partial charge in [0.1, 0.15) is 18.1 Å². The molecule has 2 aromatic heterocycles. The molecule has 0 saturated heterocycles. The van der Waals surface area contributed by atoms with Crippen LogP contribution in [0, 0.1) is 0 Å². The summed E-state index contributed by atoms with van der Waals surface area (Å²) in [7, 11) is 3.18. The van der Waals surface area contributed by atoms with E-state index in [2.05, 4.69) is 20.6 Å². The third-order valence-electron chi connectivity index (χ3n) is 4.58. The molecule has 0 bridgehead atoms. The molecule has 0 aliphatic rings. The van der Waals surface area contributed by atoms with Crippen molar-refractivity contribution >= 4 is 11.6 Å². The highest BCUT2D eigenvalue weighted by Gasteiger charge is 2.14. The van der Waals surface area contributed by atoms with E-state index in [9.17, 15) is 4.79 Å². The van der Waals surface area contributed by atoms with Crippen LogP contribution in [0.15, 0.2) is 60.7 Å². The molecule has 1 amide bonds. The monoisotopic (exact) mass is 419 g/mol. The first-order valence-corrected chi connectivity index (χ1v) is 9.60. The fourth-order valence-corrected chi connectivity index (χ4v) is 3.01. The maximum Gasteiger partial charge on any atom is 0.251 e. The predicted molar refractivity (Wildman–Crippen MR) is 114 cm³/mol. The average Bonchev–Trinajstić information content (AvgIpc) is 3.24.